The van der Waals surface area contributed by atoms with Gasteiger partial charge in [0, 0.05) is 32.2 Å². The van der Waals surface area contributed by atoms with Crippen LogP contribution in [-0.2, 0) is 0 Å². The Kier molecular flexibility index (Phi) is 6.26. The number of methoxy groups -OCH3 is 1. The van der Waals surface area contributed by atoms with Gasteiger partial charge >= 0.3 is 6.03 Å². The molecule has 2 heterocycles. The minimum absolute atomic E-state index is 0.0273. The third-order valence-corrected chi connectivity index (χ3v) is 5.92. The Hall–Kier alpha value is -1.40. The van der Waals surface area contributed by atoms with Crippen LogP contribution < -0.4 is 10.1 Å². The lowest BCUT2D eigenvalue weighted by Crippen LogP contribution is -2.42. The van der Waals surface area contributed by atoms with Crippen molar-refractivity contribution in [2.24, 2.45) is 0 Å². The summed E-state index contributed by atoms with van der Waals surface area (Å²) in [5, 5.41) is 2.99. The average Bonchev–Trinajstić information content (AvgIpc) is 2.89. The number of ether oxygens (including phenoxy) is 1. The molecule has 0 saturated carbocycles. The average molecular weight is 350 g/mol. The number of carbonyl (C=O) groups is 1. The molecule has 2 aliphatic rings. The molecule has 0 aliphatic carbocycles. The van der Waals surface area contributed by atoms with Crippen LogP contribution in [0, 0.1) is 0 Å². The molecule has 0 radical (unpaired) electrons. The summed E-state index contributed by atoms with van der Waals surface area (Å²) in [5.74, 6) is 3.25. The summed E-state index contributed by atoms with van der Waals surface area (Å²) < 4.78 is 5.31. The first kappa shape index (κ1) is 17.4. The van der Waals surface area contributed by atoms with Crippen LogP contribution in [0.25, 0.3) is 0 Å². The summed E-state index contributed by atoms with van der Waals surface area (Å²) in [6.07, 6.45) is 3.62. The standard InChI is InChI=1S/C18H27N3O2S/c1-23-17-6-3-2-5-16(17)19-18(22)21-10-4-9-20(11-12-21)15-7-13-24-14-8-15/h2-3,5-6,15H,4,7-14H2,1H3,(H,19,22). The molecule has 0 unspecified atom stereocenters. The van der Waals surface area contributed by atoms with Crippen LogP contribution in [-0.4, -0.2) is 66.7 Å². The molecule has 3 rings (SSSR count). The highest BCUT2D eigenvalue weighted by Gasteiger charge is 2.25. The van der Waals surface area contributed by atoms with Crippen molar-refractivity contribution in [1.29, 1.82) is 0 Å². The number of thioether (sulfide) groups is 1. The van der Waals surface area contributed by atoms with Crippen molar-refractivity contribution in [3.8, 4) is 5.75 Å². The summed E-state index contributed by atoms with van der Waals surface area (Å²) in [6, 6.07) is 8.23. The topological polar surface area (TPSA) is 44.8 Å². The summed E-state index contributed by atoms with van der Waals surface area (Å²) in [5.41, 5.74) is 0.732. The van der Waals surface area contributed by atoms with Gasteiger partial charge in [0.15, 0.2) is 0 Å². The van der Waals surface area contributed by atoms with E-state index >= 15 is 0 Å². The number of anilines is 1. The molecule has 2 saturated heterocycles. The van der Waals surface area contributed by atoms with Crippen molar-refractivity contribution in [3.63, 3.8) is 0 Å². The first-order chi connectivity index (χ1) is 11.8. The van der Waals surface area contributed by atoms with E-state index in [1.165, 1.54) is 24.3 Å². The van der Waals surface area contributed by atoms with E-state index in [4.69, 9.17) is 4.74 Å². The third kappa shape index (κ3) is 4.36. The quantitative estimate of drug-likeness (QED) is 0.911. The van der Waals surface area contributed by atoms with E-state index in [0.29, 0.717) is 11.8 Å². The van der Waals surface area contributed by atoms with Gasteiger partial charge in [0.1, 0.15) is 5.75 Å². The lowest BCUT2D eigenvalue weighted by atomic mass is 10.1. The van der Waals surface area contributed by atoms with Gasteiger partial charge in [-0.25, -0.2) is 4.79 Å². The van der Waals surface area contributed by atoms with Crippen molar-refractivity contribution in [2.45, 2.75) is 25.3 Å². The van der Waals surface area contributed by atoms with Gasteiger partial charge in [0.05, 0.1) is 12.8 Å². The minimum Gasteiger partial charge on any atom is -0.495 e. The molecule has 0 atom stereocenters. The van der Waals surface area contributed by atoms with Crippen LogP contribution in [0.4, 0.5) is 10.5 Å². The highest BCUT2D eigenvalue weighted by atomic mass is 32.2. The van der Waals surface area contributed by atoms with E-state index < -0.39 is 0 Å². The van der Waals surface area contributed by atoms with Gasteiger partial charge in [0.25, 0.3) is 0 Å². The number of urea groups is 1. The van der Waals surface area contributed by atoms with Gasteiger partial charge in [0.2, 0.25) is 0 Å². The van der Waals surface area contributed by atoms with Crippen LogP contribution in [0.3, 0.4) is 0 Å². The molecule has 132 valence electrons. The maximum atomic E-state index is 12.6. The molecule has 1 aromatic carbocycles. The maximum absolute atomic E-state index is 12.6. The Morgan fingerprint density at radius 2 is 1.96 bits per heavy atom. The number of hydrogen-bond donors (Lipinski definition) is 1. The second-order valence-electron chi connectivity index (χ2n) is 6.35. The Labute approximate surface area is 148 Å². The summed E-state index contributed by atoms with van der Waals surface area (Å²) in [7, 11) is 1.62. The predicted molar refractivity (Wildman–Crippen MR) is 100 cm³/mol. The normalized spacial score (nSPS) is 20.5. The van der Waals surface area contributed by atoms with Gasteiger partial charge in [-0.15, -0.1) is 0 Å². The molecule has 0 spiro atoms. The van der Waals surface area contributed by atoms with Crippen molar-refractivity contribution in [2.75, 3.05) is 50.1 Å². The van der Waals surface area contributed by atoms with Crippen LogP contribution in [0.1, 0.15) is 19.3 Å². The molecule has 0 bridgehead atoms. The maximum Gasteiger partial charge on any atom is 0.321 e. The van der Waals surface area contributed by atoms with Crippen molar-refractivity contribution in [1.82, 2.24) is 9.80 Å². The number of amides is 2. The molecular weight excluding hydrogens is 322 g/mol. The minimum atomic E-state index is -0.0273. The van der Waals surface area contributed by atoms with E-state index in [0.717, 1.165) is 38.3 Å². The SMILES string of the molecule is COc1ccccc1NC(=O)N1CCCN(C2CCSCC2)CC1. The monoisotopic (exact) mass is 349 g/mol. The predicted octanol–water partition coefficient (Wildman–Crippen LogP) is 3.13. The summed E-state index contributed by atoms with van der Waals surface area (Å²) in [6.45, 7) is 3.70. The number of hydrogen-bond acceptors (Lipinski definition) is 4. The van der Waals surface area contributed by atoms with Crippen molar-refractivity contribution >= 4 is 23.5 Å². The number of rotatable bonds is 3. The lowest BCUT2D eigenvalue weighted by molar-refractivity contribution is 0.186. The van der Waals surface area contributed by atoms with E-state index in [-0.39, 0.29) is 6.03 Å². The van der Waals surface area contributed by atoms with Crippen LogP contribution in [0.2, 0.25) is 0 Å². The summed E-state index contributed by atoms with van der Waals surface area (Å²) >= 11 is 2.06. The molecule has 1 aromatic rings. The van der Waals surface area contributed by atoms with Crippen molar-refractivity contribution < 1.29 is 9.53 Å². The van der Waals surface area contributed by atoms with Crippen LogP contribution in [0.15, 0.2) is 24.3 Å². The zero-order valence-electron chi connectivity index (χ0n) is 14.4. The van der Waals surface area contributed by atoms with E-state index in [1.54, 1.807) is 7.11 Å². The Bertz CT molecular complexity index is 549. The number of carbonyl (C=O) groups excluding carboxylic acids is 1. The lowest BCUT2D eigenvalue weighted by Gasteiger charge is -2.33. The van der Waals surface area contributed by atoms with E-state index in [2.05, 4.69) is 22.0 Å². The van der Waals surface area contributed by atoms with Crippen LogP contribution in [0.5, 0.6) is 5.75 Å². The second kappa shape index (κ2) is 8.62. The van der Waals surface area contributed by atoms with Gasteiger partial charge in [-0.2, -0.15) is 11.8 Å². The zero-order chi connectivity index (χ0) is 16.8. The van der Waals surface area contributed by atoms with E-state index in [1.807, 2.05) is 29.2 Å². The van der Waals surface area contributed by atoms with Gasteiger partial charge in [-0.3, -0.25) is 4.90 Å². The smallest absolute Gasteiger partial charge is 0.321 e. The van der Waals surface area contributed by atoms with Gasteiger partial charge in [-0.1, -0.05) is 12.1 Å². The van der Waals surface area contributed by atoms with Crippen LogP contribution >= 0.6 is 11.8 Å². The molecular formula is C18H27N3O2S. The van der Waals surface area contributed by atoms with Crippen molar-refractivity contribution in [3.05, 3.63) is 24.3 Å². The largest absolute Gasteiger partial charge is 0.495 e. The first-order valence-electron chi connectivity index (χ1n) is 8.78. The Morgan fingerprint density at radius 3 is 2.75 bits per heavy atom. The fourth-order valence-electron chi connectivity index (χ4n) is 3.50. The molecule has 24 heavy (non-hydrogen) atoms. The molecule has 2 aliphatic heterocycles. The Morgan fingerprint density at radius 1 is 1.17 bits per heavy atom. The molecule has 1 N–H and O–H groups in total. The molecule has 5 nitrogen and oxygen atoms in total. The third-order valence-electron chi connectivity index (χ3n) is 4.87. The number of nitrogens with zero attached hydrogens (tertiary/aromatic N) is 2. The molecule has 2 fully saturated rings. The molecule has 2 amide bonds. The number of para-hydroxylation sites is 2. The highest BCUT2D eigenvalue weighted by molar-refractivity contribution is 7.99. The molecule has 0 aromatic heterocycles. The first-order valence-corrected chi connectivity index (χ1v) is 9.94. The zero-order valence-corrected chi connectivity index (χ0v) is 15.2. The van der Waals surface area contributed by atoms with Gasteiger partial charge in [-0.05, 0) is 42.9 Å². The van der Waals surface area contributed by atoms with E-state index in [9.17, 15) is 4.79 Å². The fourth-order valence-corrected chi connectivity index (χ4v) is 4.58. The Balaban J connectivity index is 1.56. The number of benzene rings is 1. The van der Waals surface area contributed by atoms with Gasteiger partial charge < -0.3 is 15.0 Å². The highest BCUT2D eigenvalue weighted by Crippen LogP contribution is 2.25. The summed E-state index contributed by atoms with van der Waals surface area (Å²) in [4.78, 5) is 17.1. The second-order valence-corrected chi connectivity index (χ2v) is 7.58. The fraction of sp³-hybridized carbons (Fsp3) is 0.611. The molecule has 6 heteroatoms. The number of nitrogens with one attached hydrogen (secondary N) is 1.